The fourth-order valence-electron chi connectivity index (χ4n) is 2.32. The highest BCUT2D eigenvalue weighted by Gasteiger charge is 2.27. The number of nitrogens with zero attached hydrogens (tertiary/aromatic N) is 4. The van der Waals surface area contributed by atoms with E-state index in [-0.39, 0.29) is 6.04 Å². The second kappa shape index (κ2) is 4.26. The zero-order valence-corrected chi connectivity index (χ0v) is 10.2. The van der Waals surface area contributed by atoms with Gasteiger partial charge in [-0.2, -0.15) is 5.26 Å². The van der Waals surface area contributed by atoms with Crippen molar-refractivity contribution in [2.24, 2.45) is 7.05 Å². The molecule has 16 heavy (non-hydrogen) atoms. The van der Waals surface area contributed by atoms with Crippen molar-refractivity contribution in [2.45, 2.75) is 32.7 Å². The molecule has 1 unspecified atom stereocenters. The number of rotatable bonds is 2. The van der Waals surface area contributed by atoms with E-state index in [1.54, 1.807) is 0 Å². The quantitative estimate of drug-likeness (QED) is 0.759. The molecule has 0 aliphatic carbocycles. The van der Waals surface area contributed by atoms with Gasteiger partial charge in [-0.25, -0.2) is 4.98 Å². The number of aryl methyl sites for hydroxylation is 1. The van der Waals surface area contributed by atoms with Crippen LogP contribution in [0.4, 0.5) is 0 Å². The smallest absolute Gasteiger partial charge is 0.142 e. The van der Waals surface area contributed by atoms with Crippen LogP contribution < -0.4 is 0 Å². The molecule has 1 aliphatic rings. The maximum Gasteiger partial charge on any atom is 0.142 e. The summed E-state index contributed by atoms with van der Waals surface area (Å²) in [4.78, 5) is 6.76. The van der Waals surface area contributed by atoms with Crippen molar-refractivity contribution in [1.82, 2.24) is 14.5 Å². The summed E-state index contributed by atoms with van der Waals surface area (Å²) < 4.78 is 2.05. The summed E-state index contributed by atoms with van der Waals surface area (Å²) in [7, 11) is 2.00. The van der Waals surface area contributed by atoms with Gasteiger partial charge >= 0.3 is 0 Å². The first-order valence-corrected chi connectivity index (χ1v) is 5.78. The largest absolute Gasteiger partial charge is 0.335 e. The van der Waals surface area contributed by atoms with E-state index in [9.17, 15) is 5.26 Å². The molecule has 4 heteroatoms. The van der Waals surface area contributed by atoms with Crippen LogP contribution in [-0.2, 0) is 7.05 Å². The maximum absolute atomic E-state index is 9.32. The highest BCUT2D eigenvalue weighted by molar-refractivity contribution is 5.24. The molecule has 2 heterocycles. The van der Waals surface area contributed by atoms with Crippen LogP contribution in [0, 0.1) is 25.2 Å². The Kier molecular flexibility index (Phi) is 2.97. The number of hydrogen-bond acceptors (Lipinski definition) is 3. The maximum atomic E-state index is 9.32. The van der Waals surface area contributed by atoms with Gasteiger partial charge in [0.1, 0.15) is 11.9 Å². The van der Waals surface area contributed by atoms with Crippen LogP contribution in [0.1, 0.15) is 36.1 Å². The lowest BCUT2D eigenvalue weighted by atomic mass is 10.1. The lowest BCUT2D eigenvalue weighted by Crippen LogP contribution is -2.25. The van der Waals surface area contributed by atoms with Gasteiger partial charge in [0.25, 0.3) is 0 Å². The highest BCUT2D eigenvalue weighted by Crippen LogP contribution is 2.26. The Morgan fingerprint density at radius 3 is 2.38 bits per heavy atom. The molecule has 0 saturated carbocycles. The minimum atomic E-state index is -0.164. The van der Waals surface area contributed by atoms with E-state index in [1.165, 1.54) is 12.8 Å². The Morgan fingerprint density at radius 2 is 1.94 bits per heavy atom. The molecular formula is C12H18N4. The lowest BCUT2D eigenvalue weighted by molar-refractivity contribution is 0.289. The standard InChI is InChI=1S/C12H18N4/c1-9-12(14-10(2)15(9)3)11(8-13)16-6-4-5-7-16/h11H,4-7H2,1-3H3. The summed E-state index contributed by atoms with van der Waals surface area (Å²) in [6.07, 6.45) is 2.39. The van der Waals surface area contributed by atoms with Gasteiger partial charge in [0, 0.05) is 12.7 Å². The van der Waals surface area contributed by atoms with E-state index in [0.29, 0.717) is 0 Å². The van der Waals surface area contributed by atoms with Crippen molar-refractivity contribution < 1.29 is 0 Å². The molecule has 4 nitrogen and oxygen atoms in total. The molecule has 1 aromatic heterocycles. The van der Waals surface area contributed by atoms with Crippen molar-refractivity contribution in [1.29, 1.82) is 5.26 Å². The third-order valence-corrected chi connectivity index (χ3v) is 3.53. The lowest BCUT2D eigenvalue weighted by Gasteiger charge is -2.20. The molecule has 1 fully saturated rings. The molecule has 0 radical (unpaired) electrons. The monoisotopic (exact) mass is 218 g/mol. The van der Waals surface area contributed by atoms with Gasteiger partial charge in [-0.1, -0.05) is 0 Å². The summed E-state index contributed by atoms with van der Waals surface area (Å²) in [6, 6.07) is 2.23. The molecule has 0 N–H and O–H groups in total. The summed E-state index contributed by atoms with van der Waals surface area (Å²) in [5.41, 5.74) is 2.04. The SMILES string of the molecule is Cc1nc(C(C#N)N2CCCC2)c(C)n1C. The Morgan fingerprint density at radius 1 is 1.31 bits per heavy atom. The summed E-state index contributed by atoms with van der Waals surface area (Å²) >= 11 is 0. The van der Waals surface area contributed by atoms with Crippen LogP contribution in [0.5, 0.6) is 0 Å². The van der Waals surface area contributed by atoms with Gasteiger partial charge in [-0.05, 0) is 39.8 Å². The molecule has 2 rings (SSSR count). The number of nitriles is 1. The minimum absolute atomic E-state index is 0.164. The van der Waals surface area contributed by atoms with E-state index in [4.69, 9.17) is 0 Å². The van der Waals surface area contributed by atoms with Crippen LogP contribution in [0.2, 0.25) is 0 Å². The van der Waals surface area contributed by atoms with Gasteiger partial charge in [-0.3, -0.25) is 4.90 Å². The molecule has 0 bridgehead atoms. The predicted octanol–water partition coefficient (Wildman–Crippen LogP) is 1.70. The average Bonchev–Trinajstić information content (AvgIpc) is 2.86. The Labute approximate surface area is 96.5 Å². The second-order valence-electron chi connectivity index (χ2n) is 4.46. The Hall–Kier alpha value is -1.34. The van der Waals surface area contributed by atoms with Gasteiger partial charge in [-0.15, -0.1) is 0 Å². The van der Waals surface area contributed by atoms with E-state index < -0.39 is 0 Å². The molecule has 0 spiro atoms. The zero-order valence-electron chi connectivity index (χ0n) is 10.2. The fraction of sp³-hybridized carbons (Fsp3) is 0.667. The summed E-state index contributed by atoms with van der Waals surface area (Å²) in [5.74, 6) is 0.979. The zero-order chi connectivity index (χ0) is 11.7. The summed E-state index contributed by atoms with van der Waals surface area (Å²) in [6.45, 7) is 6.06. The first-order chi connectivity index (χ1) is 7.65. The van der Waals surface area contributed by atoms with Crippen LogP contribution in [0.25, 0.3) is 0 Å². The van der Waals surface area contributed by atoms with Crippen molar-refractivity contribution in [3.05, 3.63) is 17.2 Å². The Bertz CT molecular complexity index is 421. The van der Waals surface area contributed by atoms with Gasteiger partial charge in [0.2, 0.25) is 0 Å². The number of aromatic nitrogens is 2. The molecule has 1 saturated heterocycles. The molecule has 0 amide bonds. The van der Waals surface area contributed by atoms with E-state index in [2.05, 4.69) is 20.5 Å². The number of hydrogen-bond donors (Lipinski definition) is 0. The Balaban J connectivity index is 2.33. The first kappa shape index (κ1) is 11.2. The van der Waals surface area contributed by atoms with Crippen molar-refractivity contribution >= 4 is 0 Å². The third-order valence-electron chi connectivity index (χ3n) is 3.53. The van der Waals surface area contributed by atoms with Crippen molar-refractivity contribution in [3.63, 3.8) is 0 Å². The van der Waals surface area contributed by atoms with Crippen molar-refractivity contribution in [3.8, 4) is 6.07 Å². The summed E-state index contributed by atoms with van der Waals surface area (Å²) in [5, 5.41) is 9.32. The van der Waals surface area contributed by atoms with Crippen LogP contribution in [-0.4, -0.2) is 27.5 Å². The first-order valence-electron chi connectivity index (χ1n) is 5.78. The van der Waals surface area contributed by atoms with Crippen LogP contribution in [0.15, 0.2) is 0 Å². The van der Waals surface area contributed by atoms with E-state index in [1.807, 2.05) is 20.9 Å². The molecular weight excluding hydrogens is 200 g/mol. The topological polar surface area (TPSA) is 44.9 Å². The molecule has 86 valence electrons. The van der Waals surface area contributed by atoms with Crippen LogP contribution in [0.3, 0.4) is 0 Å². The van der Waals surface area contributed by atoms with Gasteiger partial charge in [0.15, 0.2) is 0 Å². The highest BCUT2D eigenvalue weighted by atomic mass is 15.2. The fourth-order valence-corrected chi connectivity index (χ4v) is 2.32. The molecule has 0 aromatic carbocycles. The number of imidazole rings is 1. The van der Waals surface area contributed by atoms with Gasteiger partial charge in [0.05, 0.1) is 11.8 Å². The minimum Gasteiger partial charge on any atom is -0.335 e. The molecule has 1 atom stereocenters. The van der Waals surface area contributed by atoms with E-state index >= 15 is 0 Å². The van der Waals surface area contributed by atoms with Gasteiger partial charge < -0.3 is 4.57 Å². The van der Waals surface area contributed by atoms with Crippen LogP contribution >= 0.6 is 0 Å². The van der Waals surface area contributed by atoms with E-state index in [0.717, 1.165) is 30.3 Å². The van der Waals surface area contributed by atoms with Crippen molar-refractivity contribution in [2.75, 3.05) is 13.1 Å². The molecule has 1 aliphatic heterocycles. The average molecular weight is 218 g/mol. The predicted molar refractivity (Wildman–Crippen MR) is 61.8 cm³/mol. The molecule has 1 aromatic rings. The normalized spacial score (nSPS) is 18.6. The third kappa shape index (κ3) is 1.72. The number of likely N-dealkylation sites (tertiary alicyclic amines) is 1. The second-order valence-corrected chi connectivity index (χ2v) is 4.46.